The smallest absolute Gasteiger partial charge is 0.161 e. The van der Waals surface area contributed by atoms with Crippen LogP contribution >= 0.6 is 12.4 Å². The Morgan fingerprint density at radius 3 is 2.43 bits per heavy atom. The summed E-state index contributed by atoms with van der Waals surface area (Å²) >= 11 is 0. The van der Waals surface area contributed by atoms with Gasteiger partial charge >= 0.3 is 0 Å². The number of halogens is 1. The number of nitrogens with two attached hydrogens (primary N) is 1. The van der Waals surface area contributed by atoms with E-state index >= 15 is 0 Å². The summed E-state index contributed by atoms with van der Waals surface area (Å²) in [4.78, 5) is 0. The molecular weight excluding hydrogens is 288 g/mol. The minimum atomic E-state index is 0. The zero-order valence-corrected chi connectivity index (χ0v) is 12.7. The molecule has 0 aliphatic carbocycles. The molecule has 0 aliphatic heterocycles. The van der Waals surface area contributed by atoms with Gasteiger partial charge in [-0.05, 0) is 23.8 Å². The van der Waals surface area contributed by atoms with Crippen LogP contribution in [0.4, 0.5) is 0 Å². The van der Waals surface area contributed by atoms with Crippen LogP contribution < -0.4 is 15.2 Å². The van der Waals surface area contributed by atoms with Crippen LogP contribution in [0.15, 0.2) is 48.5 Å². The average molecular weight is 307 g/mol. The Hall–Kier alpha value is -2.20. The number of ether oxygens (including phenoxy) is 2. The van der Waals surface area contributed by atoms with Gasteiger partial charge in [0, 0.05) is 12.0 Å². The van der Waals surface area contributed by atoms with E-state index in [1.54, 1.807) is 25.3 Å². The Morgan fingerprint density at radius 2 is 1.81 bits per heavy atom. The van der Waals surface area contributed by atoms with Crippen molar-refractivity contribution in [1.82, 2.24) is 0 Å². The average Bonchev–Trinajstić information content (AvgIpc) is 2.48. The molecule has 0 saturated heterocycles. The molecule has 0 fully saturated rings. The van der Waals surface area contributed by atoms with Crippen LogP contribution in [0.2, 0.25) is 0 Å². The number of hydrogen-bond donors (Lipinski definition) is 2. The number of nitrogen functional groups attached to an aromatic ring is 1. The van der Waals surface area contributed by atoms with Gasteiger partial charge in [-0.2, -0.15) is 0 Å². The van der Waals surface area contributed by atoms with Gasteiger partial charge in [-0.25, -0.2) is 0 Å². The van der Waals surface area contributed by atoms with Crippen LogP contribution in [-0.2, 0) is 6.42 Å². The second kappa shape index (κ2) is 8.17. The molecular formula is C16H19ClN2O2. The highest BCUT2D eigenvalue weighted by Gasteiger charge is 2.07. The molecule has 0 heterocycles. The molecule has 4 nitrogen and oxygen atoms in total. The van der Waals surface area contributed by atoms with E-state index in [-0.39, 0.29) is 18.2 Å². The second-order valence-corrected chi connectivity index (χ2v) is 4.36. The first-order valence-electron chi connectivity index (χ1n) is 6.40. The van der Waals surface area contributed by atoms with E-state index in [9.17, 15) is 0 Å². The van der Waals surface area contributed by atoms with Crippen molar-refractivity contribution < 1.29 is 9.47 Å². The number of benzene rings is 2. The summed E-state index contributed by atoms with van der Waals surface area (Å²) in [6.07, 6.45) is 0.832. The van der Waals surface area contributed by atoms with Gasteiger partial charge in [0.15, 0.2) is 11.5 Å². The number of amidine groups is 1. The Balaban J connectivity index is 0.00000220. The van der Waals surface area contributed by atoms with Crippen molar-refractivity contribution in [3.63, 3.8) is 0 Å². The van der Waals surface area contributed by atoms with E-state index in [4.69, 9.17) is 20.6 Å². The highest BCUT2D eigenvalue weighted by atomic mass is 35.5. The first-order valence-corrected chi connectivity index (χ1v) is 6.40. The lowest BCUT2D eigenvalue weighted by molar-refractivity contribution is 0.297. The molecule has 2 aromatic rings. The summed E-state index contributed by atoms with van der Waals surface area (Å²) in [6, 6.07) is 15.4. The zero-order valence-electron chi connectivity index (χ0n) is 11.8. The van der Waals surface area contributed by atoms with Crippen molar-refractivity contribution in [2.24, 2.45) is 5.73 Å². The van der Waals surface area contributed by atoms with Crippen molar-refractivity contribution in [2.75, 3.05) is 13.7 Å². The maximum atomic E-state index is 7.41. The molecule has 5 heteroatoms. The van der Waals surface area contributed by atoms with Crippen LogP contribution in [0, 0.1) is 5.41 Å². The lowest BCUT2D eigenvalue weighted by Crippen LogP contribution is -2.11. The fourth-order valence-corrected chi connectivity index (χ4v) is 1.88. The third kappa shape index (κ3) is 4.68. The maximum absolute atomic E-state index is 7.41. The molecule has 21 heavy (non-hydrogen) atoms. The van der Waals surface area contributed by atoms with Gasteiger partial charge in [0.25, 0.3) is 0 Å². The first kappa shape index (κ1) is 16.9. The molecule has 2 rings (SSSR count). The highest BCUT2D eigenvalue weighted by Crippen LogP contribution is 2.28. The summed E-state index contributed by atoms with van der Waals surface area (Å²) in [5.74, 6) is 1.26. The minimum Gasteiger partial charge on any atom is -0.493 e. The Bertz CT molecular complexity index is 588. The molecule has 0 amide bonds. The summed E-state index contributed by atoms with van der Waals surface area (Å²) in [7, 11) is 1.57. The third-order valence-corrected chi connectivity index (χ3v) is 2.97. The molecule has 0 radical (unpaired) electrons. The normalized spacial score (nSPS) is 9.57. The first-order chi connectivity index (χ1) is 9.70. The molecule has 0 aliphatic rings. The van der Waals surface area contributed by atoms with E-state index in [0.717, 1.165) is 6.42 Å². The third-order valence-electron chi connectivity index (χ3n) is 2.97. The fourth-order valence-electron chi connectivity index (χ4n) is 1.88. The predicted molar refractivity (Wildman–Crippen MR) is 86.9 cm³/mol. The van der Waals surface area contributed by atoms with Gasteiger partial charge < -0.3 is 15.2 Å². The quantitative estimate of drug-likeness (QED) is 0.636. The van der Waals surface area contributed by atoms with Crippen LogP contribution in [-0.4, -0.2) is 19.6 Å². The van der Waals surface area contributed by atoms with E-state index in [2.05, 4.69) is 12.1 Å². The van der Waals surface area contributed by atoms with Crippen LogP contribution in [0.3, 0.4) is 0 Å². The van der Waals surface area contributed by atoms with Crippen LogP contribution in [0.5, 0.6) is 11.5 Å². The minimum absolute atomic E-state index is 0. The summed E-state index contributed by atoms with van der Waals surface area (Å²) < 4.78 is 11.0. The molecule has 0 unspecified atom stereocenters. The second-order valence-electron chi connectivity index (χ2n) is 4.36. The number of methoxy groups -OCH3 is 1. The summed E-state index contributed by atoms with van der Waals surface area (Å²) in [6.45, 7) is 0.569. The van der Waals surface area contributed by atoms with E-state index in [1.165, 1.54) is 5.56 Å². The number of hydrogen-bond acceptors (Lipinski definition) is 3. The molecule has 0 spiro atoms. The van der Waals surface area contributed by atoms with Gasteiger partial charge in [-0.1, -0.05) is 30.3 Å². The molecule has 112 valence electrons. The molecule has 0 bridgehead atoms. The van der Waals surface area contributed by atoms with Crippen molar-refractivity contribution in [1.29, 1.82) is 5.41 Å². The van der Waals surface area contributed by atoms with Crippen LogP contribution in [0.1, 0.15) is 11.1 Å². The largest absolute Gasteiger partial charge is 0.493 e. The topological polar surface area (TPSA) is 68.3 Å². The predicted octanol–water partition coefficient (Wildman–Crippen LogP) is 3.02. The lowest BCUT2D eigenvalue weighted by Gasteiger charge is -2.12. The molecule has 0 saturated carbocycles. The SMILES string of the molecule is COc1cc(C(=N)N)ccc1OCCc1ccccc1.Cl. The molecule has 0 aromatic heterocycles. The zero-order chi connectivity index (χ0) is 14.4. The van der Waals surface area contributed by atoms with Crippen molar-refractivity contribution in [2.45, 2.75) is 6.42 Å². The van der Waals surface area contributed by atoms with Crippen molar-refractivity contribution in [3.05, 3.63) is 59.7 Å². The monoisotopic (exact) mass is 306 g/mol. The molecule has 2 aromatic carbocycles. The van der Waals surface area contributed by atoms with Crippen LogP contribution in [0.25, 0.3) is 0 Å². The highest BCUT2D eigenvalue weighted by molar-refractivity contribution is 5.95. The van der Waals surface area contributed by atoms with Crippen molar-refractivity contribution >= 4 is 18.2 Å². The maximum Gasteiger partial charge on any atom is 0.161 e. The molecule has 3 N–H and O–H groups in total. The number of rotatable bonds is 6. The van der Waals surface area contributed by atoms with Gasteiger partial charge in [0.05, 0.1) is 13.7 Å². The Labute approximate surface area is 130 Å². The molecule has 0 atom stereocenters. The Kier molecular flexibility index (Phi) is 6.56. The van der Waals surface area contributed by atoms with Gasteiger partial charge in [-0.3, -0.25) is 5.41 Å². The fraction of sp³-hybridized carbons (Fsp3) is 0.188. The van der Waals surface area contributed by atoms with Crippen molar-refractivity contribution in [3.8, 4) is 11.5 Å². The number of nitrogens with one attached hydrogen (secondary N) is 1. The standard InChI is InChI=1S/C16H18N2O2.ClH/c1-19-15-11-13(16(17)18)7-8-14(15)20-10-9-12-5-3-2-4-6-12;/h2-8,11H,9-10H2,1H3,(H3,17,18);1H. The van der Waals surface area contributed by atoms with E-state index in [1.807, 2.05) is 18.2 Å². The van der Waals surface area contributed by atoms with E-state index < -0.39 is 0 Å². The van der Waals surface area contributed by atoms with E-state index in [0.29, 0.717) is 23.7 Å². The summed E-state index contributed by atoms with van der Waals surface area (Å²) in [5.41, 5.74) is 7.30. The Morgan fingerprint density at radius 1 is 1.10 bits per heavy atom. The summed E-state index contributed by atoms with van der Waals surface area (Å²) in [5, 5.41) is 7.41. The van der Waals surface area contributed by atoms with Gasteiger partial charge in [0.2, 0.25) is 0 Å². The van der Waals surface area contributed by atoms with Gasteiger partial charge in [0.1, 0.15) is 5.84 Å². The van der Waals surface area contributed by atoms with Gasteiger partial charge in [-0.15, -0.1) is 12.4 Å². The lowest BCUT2D eigenvalue weighted by atomic mass is 10.1.